The molecule has 3 aromatic carbocycles. The van der Waals surface area contributed by atoms with Crippen LogP contribution in [0.5, 0.6) is 0 Å². The number of anilines is 2. The van der Waals surface area contributed by atoms with Gasteiger partial charge in [-0.15, -0.1) is 0 Å². The minimum Gasteiger partial charge on any atom is -0.369 e. The lowest BCUT2D eigenvalue weighted by atomic mass is 9.83. The molecule has 8 nitrogen and oxygen atoms in total. The smallest absolute Gasteiger partial charge is 0.262 e. The Bertz CT molecular complexity index is 1820. The number of nitrogens with zero attached hydrogens (tertiary/aromatic N) is 2. The second kappa shape index (κ2) is 11.3. The highest BCUT2D eigenvalue weighted by atomic mass is 35.5. The lowest BCUT2D eigenvalue weighted by Gasteiger charge is -2.44. The molecule has 1 fully saturated rings. The van der Waals surface area contributed by atoms with Gasteiger partial charge < -0.3 is 14.8 Å². The summed E-state index contributed by atoms with van der Waals surface area (Å²) in [5.74, 6) is 0.0432. The van der Waals surface area contributed by atoms with Crippen LogP contribution in [0.15, 0.2) is 94.6 Å². The van der Waals surface area contributed by atoms with Gasteiger partial charge in [0.25, 0.3) is 21.5 Å². The summed E-state index contributed by atoms with van der Waals surface area (Å²) in [6.45, 7) is 4.24. The standard InChI is InChI=1S/C32H31ClN4O4S/c1-21-8-10-22(11-9-21)17-34-32(39)24-12-13-30(28(15-24)35-42(40,41)27-5-2-4-26(33)16-27)36-18-23-14-25(20-36)29-6-3-7-31(38)37(29)19-23/h2-13,15-16,23,25,35H,14,17-20H2,1H3,(H,34,39). The van der Waals surface area contributed by atoms with Crippen molar-refractivity contribution < 1.29 is 13.2 Å². The molecule has 0 saturated carbocycles. The number of amides is 1. The van der Waals surface area contributed by atoms with Gasteiger partial charge in [-0.2, -0.15) is 0 Å². The van der Waals surface area contributed by atoms with Gasteiger partial charge in [-0.25, -0.2) is 8.42 Å². The van der Waals surface area contributed by atoms with E-state index in [2.05, 4.69) is 14.9 Å². The summed E-state index contributed by atoms with van der Waals surface area (Å²) in [7, 11) is -4.01. The molecule has 2 aliphatic rings. The van der Waals surface area contributed by atoms with Crippen LogP contribution < -0.4 is 20.5 Å². The highest BCUT2D eigenvalue weighted by Gasteiger charge is 2.35. The van der Waals surface area contributed by atoms with Gasteiger partial charge in [0.05, 0.1) is 16.3 Å². The molecule has 10 heteroatoms. The van der Waals surface area contributed by atoms with Crippen LogP contribution >= 0.6 is 11.6 Å². The van der Waals surface area contributed by atoms with Crippen molar-refractivity contribution in [3.8, 4) is 0 Å². The third-order valence-electron chi connectivity index (χ3n) is 8.00. The molecule has 1 saturated heterocycles. The van der Waals surface area contributed by atoms with E-state index < -0.39 is 10.0 Å². The van der Waals surface area contributed by atoms with Crippen LogP contribution in [0.4, 0.5) is 11.4 Å². The fourth-order valence-corrected chi connectivity index (χ4v) is 7.32. The van der Waals surface area contributed by atoms with Crippen molar-refractivity contribution in [2.75, 3.05) is 22.7 Å². The summed E-state index contributed by atoms with van der Waals surface area (Å²) in [5, 5.41) is 3.24. The maximum Gasteiger partial charge on any atom is 0.262 e. The van der Waals surface area contributed by atoms with Crippen LogP contribution in [0, 0.1) is 12.8 Å². The molecule has 42 heavy (non-hydrogen) atoms. The summed E-state index contributed by atoms with van der Waals surface area (Å²) >= 11 is 6.10. The zero-order valence-corrected chi connectivity index (χ0v) is 24.7. The van der Waals surface area contributed by atoms with Crippen LogP contribution in [0.3, 0.4) is 0 Å². The monoisotopic (exact) mass is 602 g/mol. The fourth-order valence-electron chi connectivity index (χ4n) is 5.96. The van der Waals surface area contributed by atoms with E-state index >= 15 is 0 Å². The Kier molecular flexibility index (Phi) is 7.55. The van der Waals surface area contributed by atoms with E-state index in [-0.39, 0.29) is 28.2 Å². The minimum absolute atomic E-state index is 0.00613. The average Bonchev–Trinajstić information content (AvgIpc) is 2.97. The number of hydrogen-bond acceptors (Lipinski definition) is 5. The van der Waals surface area contributed by atoms with Gasteiger partial charge in [-0.3, -0.25) is 14.3 Å². The molecule has 2 unspecified atom stereocenters. The van der Waals surface area contributed by atoms with Gasteiger partial charge >= 0.3 is 0 Å². The topological polar surface area (TPSA) is 101 Å². The van der Waals surface area contributed by atoms with E-state index in [1.165, 1.54) is 12.1 Å². The van der Waals surface area contributed by atoms with Crippen molar-refractivity contribution in [2.24, 2.45) is 5.92 Å². The molecular weight excluding hydrogens is 572 g/mol. The molecule has 2 bridgehead atoms. The predicted molar refractivity (Wildman–Crippen MR) is 165 cm³/mol. The average molecular weight is 603 g/mol. The SMILES string of the molecule is Cc1ccc(CNC(=O)c2ccc(N3CC4CC(C3)c3cccc(=O)n3C4)c(NS(=O)(=O)c3cccc(Cl)c3)c2)cc1. The molecular formula is C32H31ClN4O4S. The molecule has 0 radical (unpaired) electrons. The van der Waals surface area contributed by atoms with Crippen molar-refractivity contribution in [1.29, 1.82) is 0 Å². The van der Waals surface area contributed by atoms with Crippen molar-refractivity contribution in [1.82, 2.24) is 9.88 Å². The van der Waals surface area contributed by atoms with Crippen molar-refractivity contribution >= 4 is 38.9 Å². The quantitative estimate of drug-likeness (QED) is 0.304. The molecule has 2 N–H and O–H groups in total. The molecule has 0 spiro atoms. The maximum atomic E-state index is 13.5. The molecule has 2 aliphatic heterocycles. The van der Waals surface area contributed by atoms with Crippen molar-refractivity contribution in [3.05, 3.63) is 123 Å². The molecule has 6 rings (SSSR count). The highest BCUT2D eigenvalue weighted by Crippen LogP contribution is 2.40. The van der Waals surface area contributed by atoms with Crippen LogP contribution in [0.25, 0.3) is 0 Å². The third-order valence-corrected chi connectivity index (χ3v) is 9.60. The normalized spacial score (nSPS) is 17.8. The first-order valence-electron chi connectivity index (χ1n) is 13.9. The fraction of sp³-hybridized carbons (Fsp3) is 0.250. The van der Waals surface area contributed by atoms with E-state index in [0.717, 1.165) is 23.2 Å². The largest absolute Gasteiger partial charge is 0.369 e. The number of aryl methyl sites for hydroxylation is 1. The number of piperidine rings is 1. The molecule has 216 valence electrons. The first kappa shape index (κ1) is 28.1. The Morgan fingerprint density at radius 2 is 1.74 bits per heavy atom. The van der Waals surface area contributed by atoms with E-state index in [1.807, 2.05) is 41.8 Å². The zero-order valence-electron chi connectivity index (χ0n) is 23.1. The number of carbonyl (C=O) groups is 1. The molecule has 1 amide bonds. The number of fused-ring (bicyclic) bond motifs is 4. The van der Waals surface area contributed by atoms with Crippen LogP contribution in [0.1, 0.15) is 39.5 Å². The van der Waals surface area contributed by atoms with Gasteiger partial charge in [0.1, 0.15) is 0 Å². The minimum atomic E-state index is -4.01. The lowest BCUT2D eigenvalue weighted by molar-refractivity contribution is 0.0951. The Morgan fingerprint density at radius 3 is 2.52 bits per heavy atom. The summed E-state index contributed by atoms with van der Waals surface area (Å²) < 4.78 is 31.6. The van der Waals surface area contributed by atoms with Gasteiger partial charge in [0.2, 0.25) is 0 Å². The lowest BCUT2D eigenvalue weighted by Crippen LogP contribution is -2.47. The second-order valence-electron chi connectivity index (χ2n) is 11.1. The molecule has 3 heterocycles. The maximum absolute atomic E-state index is 13.5. The number of carbonyl (C=O) groups excluding carboxylic acids is 1. The summed E-state index contributed by atoms with van der Waals surface area (Å²) in [5.41, 5.74) is 4.42. The van der Waals surface area contributed by atoms with Crippen LogP contribution in [-0.2, 0) is 23.1 Å². The van der Waals surface area contributed by atoms with E-state index in [1.54, 1.807) is 42.5 Å². The predicted octanol–water partition coefficient (Wildman–Crippen LogP) is 5.16. The van der Waals surface area contributed by atoms with Crippen molar-refractivity contribution in [2.45, 2.75) is 37.2 Å². The number of hydrogen-bond donors (Lipinski definition) is 2. The van der Waals surface area contributed by atoms with Crippen LogP contribution in [0.2, 0.25) is 5.02 Å². The number of halogens is 1. The first-order valence-corrected chi connectivity index (χ1v) is 15.7. The third kappa shape index (κ3) is 5.80. The summed E-state index contributed by atoms with van der Waals surface area (Å²) in [4.78, 5) is 27.9. The Morgan fingerprint density at radius 1 is 0.952 bits per heavy atom. The number of benzene rings is 3. The number of pyridine rings is 1. The number of sulfonamides is 1. The highest BCUT2D eigenvalue weighted by molar-refractivity contribution is 7.92. The van der Waals surface area contributed by atoms with E-state index in [4.69, 9.17) is 11.6 Å². The molecule has 0 aliphatic carbocycles. The van der Waals surface area contributed by atoms with Gasteiger partial charge in [0.15, 0.2) is 0 Å². The Hall–Kier alpha value is -4.08. The van der Waals surface area contributed by atoms with Gasteiger partial charge in [0, 0.05) is 54.4 Å². The number of nitrogens with one attached hydrogen (secondary N) is 2. The molecule has 1 aromatic heterocycles. The van der Waals surface area contributed by atoms with Gasteiger partial charge in [-0.05, 0) is 67.3 Å². The second-order valence-corrected chi connectivity index (χ2v) is 13.2. The number of aromatic nitrogens is 1. The number of rotatable bonds is 7. The van der Waals surface area contributed by atoms with E-state index in [0.29, 0.717) is 48.1 Å². The van der Waals surface area contributed by atoms with Crippen LogP contribution in [-0.4, -0.2) is 32.0 Å². The first-order chi connectivity index (χ1) is 20.2. The zero-order chi connectivity index (χ0) is 29.4. The Labute approximate surface area is 250 Å². The summed E-state index contributed by atoms with van der Waals surface area (Å²) in [6, 6.07) is 24.5. The molecule has 4 aromatic rings. The molecule has 2 atom stereocenters. The Balaban J connectivity index is 1.32. The van der Waals surface area contributed by atoms with Gasteiger partial charge in [-0.1, -0.05) is 53.6 Å². The summed E-state index contributed by atoms with van der Waals surface area (Å²) in [6.07, 6.45) is 0.961. The van der Waals surface area contributed by atoms with Crippen molar-refractivity contribution in [3.63, 3.8) is 0 Å². The van der Waals surface area contributed by atoms with E-state index in [9.17, 15) is 18.0 Å².